The van der Waals surface area contributed by atoms with Gasteiger partial charge in [-0.2, -0.15) is 0 Å². The third-order valence-electron chi connectivity index (χ3n) is 2.20. The molecule has 0 aliphatic rings. The van der Waals surface area contributed by atoms with E-state index in [4.69, 9.17) is 5.73 Å². The van der Waals surface area contributed by atoms with Crippen LogP contribution in [0.25, 0.3) is 0 Å². The zero-order valence-corrected chi connectivity index (χ0v) is 8.49. The van der Waals surface area contributed by atoms with E-state index in [9.17, 15) is 4.79 Å². The Bertz CT molecular complexity index is 306. The first-order valence-corrected chi connectivity index (χ1v) is 4.63. The molecule has 1 aromatic rings. The van der Waals surface area contributed by atoms with E-state index in [1.54, 1.807) is 12.1 Å². The van der Waals surface area contributed by atoms with Crippen LogP contribution in [0.3, 0.4) is 0 Å². The fraction of sp³-hybridized carbons (Fsp3) is 0.364. The highest BCUT2D eigenvalue weighted by Gasteiger charge is 2.06. The number of ether oxygens (including phenoxy) is 1. The summed E-state index contributed by atoms with van der Waals surface area (Å²) in [6.07, 6.45) is 0.886. The van der Waals surface area contributed by atoms with Crippen molar-refractivity contribution in [3.8, 4) is 0 Å². The Morgan fingerprint density at radius 3 is 2.43 bits per heavy atom. The van der Waals surface area contributed by atoms with Gasteiger partial charge >= 0.3 is 5.97 Å². The summed E-state index contributed by atoms with van der Waals surface area (Å²) in [5.41, 5.74) is 7.43. The summed E-state index contributed by atoms with van der Waals surface area (Å²) in [6.45, 7) is 2.03. The second-order valence-corrected chi connectivity index (χ2v) is 3.13. The van der Waals surface area contributed by atoms with Crippen LogP contribution in [0, 0.1) is 0 Å². The van der Waals surface area contributed by atoms with Gasteiger partial charge < -0.3 is 10.5 Å². The standard InChI is InChI=1S/C11H15NO2/c1-3-10(12)8-4-6-9(7-5-8)11(13)14-2/h4-7,10H,3,12H2,1-2H3. The van der Waals surface area contributed by atoms with Crippen LogP contribution in [0.4, 0.5) is 0 Å². The maximum absolute atomic E-state index is 11.1. The lowest BCUT2D eigenvalue weighted by Gasteiger charge is -2.08. The number of carbonyl (C=O) groups excluding carboxylic acids is 1. The van der Waals surface area contributed by atoms with Crippen molar-refractivity contribution in [3.05, 3.63) is 35.4 Å². The Labute approximate surface area is 83.9 Å². The molecule has 3 heteroatoms. The van der Waals surface area contributed by atoms with Crippen LogP contribution in [0.1, 0.15) is 35.3 Å². The van der Waals surface area contributed by atoms with Crippen molar-refractivity contribution >= 4 is 5.97 Å². The van der Waals surface area contributed by atoms with Gasteiger partial charge in [-0.05, 0) is 24.1 Å². The summed E-state index contributed by atoms with van der Waals surface area (Å²) in [7, 11) is 1.37. The first-order chi connectivity index (χ1) is 6.69. The first-order valence-electron chi connectivity index (χ1n) is 4.63. The molecule has 14 heavy (non-hydrogen) atoms. The molecule has 76 valence electrons. The number of hydrogen-bond acceptors (Lipinski definition) is 3. The van der Waals surface area contributed by atoms with Crippen molar-refractivity contribution < 1.29 is 9.53 Å². The van der Waals surface area contributed by atoms with Crippen molar-refractivity contribution in [1.29, 1.82) is 0 Å². The van der Waals surface area contributed by atoms with Gasteiger partial charge in [0.1, 0.15) is 0 Å². The Morgan fingerprint density at radius 1 is 1.43 bits per heavy atom. The highest BCUT2D eigenvalue weighted by atomic mass is 16.5. The minimum atomic E-state index is -0.318. The first kappa shape index (κ1) is 10.7. The summed E-state index contributed by atoms with van der Waals surface area (Å²) in [5, 5.41) is 0. The van der Waals surface area contributed by atoms with Crippen LogP contribution in [-0.2, 0) is 4.74 Å². The van der Waals surface area contributed by atoms with Crippen molar-refractivity contribution in [2.75, 3.05) is 7.11 Å². The molecule has 0 aliphatic carbocycles. The molecule has 0 spiro atoms. The van der Waals surface area contributed by atoms with Crippen molar-refractivity contribution in [1.82, 2.24) is 0 Å². The Balaban J connectivity index is 2.83. The molecule has 0 amide bonds. The highest BCUT2D eigenvalue weighted by molar-refractivity contribution is 5.89. The van der Waals surface area contributed by atoms with E-state index < -0.39 is 0 Å². The van der Waals surface area contributed by atoms with Gasteiger partial charge in [0.05, 0.1) is 12.7 Å². The second kappa shape index (κ2) is 4.77. The molecule has 1 aromatic carbocycles. The summed E-state index contributed by atoms with van der Waals surface area (Å²) >= 11 is 0. The van der Waals surface area contributed by atoms with Gasteiger partial charge in [-0.3, -0.25) is 0 Å². The fourth-order valence-electron chi connectivity index (χ4n) is 1.22. The molecule has 3 nitrogen and oxygen atoms in total. The number of carbonyl (C=O) groups is 1. The lowest BCUT2D eigenvalue weighted by Crippen LogP contribution is -2.09. The van der Waals surface area contributed by atoms with Crippen LogP contribution in [0.5, 0.6) is 0 Å². The molecular formula is C11H15NO2. The van der Waals surface area contributed by atoms with Crippen molar-refractivity contribution in [2.24, 2.45) is 5.73 Å². The SMILES string of the molecule is CCC(N)c1ccc(C(=O)OC)cc1. The Morgan fingerprint density at radius 2 is 2.00 bits per heavy atom. The lowest BCUT2D eigenvalue weighted by molar-refractivity contribution is 0.0600. The summed E-state index contributed by atoms with van der Waals surface area (Å²) in [5.74, 6) is -0.318. The van der Waals surface area contributed by atoms with Gasteiger partial charge in [-0.25, -0.2) is 4.79 Å². The molecule has 2 N–H and O–H groups in total. The zero-order valence-electron chi connectivity index (χ0n) is 8.49. The summed E-state index contributed by atoms with van der Waals surface area (Å²) < 4.78 is 4.59. The predicted molar refractivity (Wildman–Crippen MR) is 55.0 cm³/mol. The largest absolute Gasteiger partial charge is 0.465 e. The Kier molecular flexibility index (Phi) is 3.65. The molecule has 0 heterocycles. The van der Waals surface area contributed by atoms with E-state index in [0.717, 1.165) is 12.0 Å². The fourth-order valence-corrected chi connectivity index (χ4v) is 1.22. The van der Waals surface area contributed by atoms with Crippen LogP contribution in [0.15, 0.2) is 24.3 Å². The zero-order chi connectivity index (χ0) is 10.6. The number of nitrogens with two attached hydrogens (primary N) is 1. The minimum absolute atomic E-state index is 0.0432. The molecule has 1 atom stereocenters. The van der Waals surface area contributed by atoms with Crippen LogP contribution < -0.4 is 5.73 Å². The van der Waals surface area contributed by atoms with E-state index in [2.05, 4.69) is 4.74 Å². The van der Waals surface area contributed by atoms with E-state index in [1.807, 2.05) is 19.1 Å². The molecule has 0 fully saturated rings. The van der Waals surface area contributed by atoms with Gasteiger partial charge in [-0.15, -0.1) is 0 Å². The summed E-state index contributed by atoms with van der Waals surface area (Å²) in [4.78, 5) is 11.1. The molecule has 1 rings (SSSR count). The number of esters is 1. The third kappa shape index (κ3) is 2.33. The molecule has 1 unspecified atom stereocenters. The van der Waals surface area contributed by atoms with Gasteiger partial charge in [0.15, 0.2) is 0 Å². The Hall–Kier alpha value is -1.35. The molecule has 0 saturated heterocycles. The van der Waals surface area contributed by atoms with Gasteiger partial charge in [-0.1, -0.05) is 19.1 Å². The van der Waals surface area contributed by atoms with Crippen LogP contribution in [0.2, 0.25) is 0 Å². The average Bonchev–Trinajstić information content (AvgIpc) is 2.27. The van der Waals surface area contributed by atoms with E-state index in [0.29, 0.717) is 5.56 Å². The summed E-state index contributed by atoms with van der Waals surface area (Å²) in [6, 6.07) is 7.23. The number of hydrogen-bond donors (Lipinski definition) is 1. The quantitative estimate of drug-likeness (QED) is 0.746. The maximum atomic E-state index is 11.1. The average molecular weight is 193 g/mol. The third-order valence-corrected chi connectivity index (χ3v) is 2.20. The smallest absolute Gasteiger partial charge is 0.337 e. The molecule has 0 saturated carbocycles. The second-order valence-electron chi connectivity index (χ2n) is 3.13. The lowest BCUT2D eigenvalue weighted by atomic mass is 10.0. The van der Waals surface area contributed by atoms with E-state index in [1.165, 1.54) is 7.11 Å². The van der Waals surface area contributed by atoms with Gasteiger partial charge in [0, 0.05) is 6.04 Å². The highest BCUT2D eigenvalue weighted by Crippen LogP contribution is 2.14. The predicted octanol–water partition coefficient (Wildman–Crippen LogP) is 1.88. The van der Waals surface area contributed by atoms with Crippen molar-refractivity contribution in [3.63, 3.8) is 0 Å². The normalized spacial score (nSPS) is 12.2. The van der Waals surface area contributed by atoms with Crippen LogP contribution >= 0.6 is 0 Å². The molecule has 0 radical (unpaired) electrons. The van der Waals surface area contributed by atoms with Gasteiger partial charge in [0.2, 0.25) is 0 Å². The van der Waals surface area contributed by atoms with E-state index >= 15 is 0 Å². The topological polar surface area (TPSA) is 52.3 Å². The van der Waals surface area contributed by atoms with Crippen molar-refractivity contribution in [2.45, 2.75) is 19.4 Å². The number of rotatable bonds is 3. The monoisotopic (exact) mass is 193 g/mol. The minimum Gasteiger partial charge on any atom is -0.465 e. The molecular weight excluding hydrogens is 178 g/mol. The molecule has 0 bridgehead atoms. The van der Waals surface area contributed by atoms with Gasteiger partial charge in [0.25, 0.3) is 0 Å². The van der Waals surface area contributed by atoms with Crippen LogP contribution in [-0.4, -0.2) is 13.1 Å². The molecule has 0 aliphatic heterocycles. The molecule has 0 aromatic heterocycles. The number of benzene rings is 1. The van der Waals surface area contributed by atoms with E-state index in [-0.39, 0.29) is 12.0 Å². The number of methoxy groups -OCH3 is 1. The maximum Gasteiger partial charge on any atom is 0.337 e.